The highest BCUT2D eigenvalue weighted by Crippen LogP contribution is 2.13. The van der Waals surface area contributed by atoms with E-state index in [2.05, 4.69) is 4.74 Å². The molecule has 0 spiro atoms. The molecule has 0 amide bonds. The maximum absolute atomic E-state index is 12.7. The third-order valence-electron chi connectivity index (χ3n) is 1.18. The van der Waals surface area contributed by atoms with E-state index in [0.29, 0.717) is 6.42 Å². The minimum absolute atomic E-state index is 0.198. The van der Waals surface area contributed by atoms with Crippen LogP contribution in [0.4, 0.5) is 4.39 Å². The first-order valence-electron chi connectivity index (χ1n) is 2.80. The molecular weight excluding hydrogens is 107 g/mol. The zero-order chi connectivity index (χ0) is 6.62. The smallest absolute Gasteiger partial charge is 0.131 e. The Morgan fingerprint density at radius 1 is 1.62 bits per heavy atom. The monoisotopic (exact) mass is 120 g/mol. The van der Waals surface area contributed by atoms with Crippen LogP contribution < -0.4 is 0 Å². The first kappa shape index (κ1) is 7.89. The molecule has 0 heterocycles. The maximum Gasteiger partial charge on any atom is 0.131 e. The van der Waals surface area contributed by atoms with Crippen LogP contribution in [0.5, 0.6) is 0 Å². The van der Waals surface area contributed by atoms with Crippen molar-refractivity contribution in [3.63, 3.8) is 0 Å². The van der Waals surface area contributed by atoms with Crippen LogP contribution in [0.25, 0.3) is 0 Å². The molecule has 8 heavy (non-hydrogen) atoms. The molecule has 0 aliphatic rings. The van der Waals surface area contributed by atoms with Gasteiger partial charge in [0.1, 0.15) is 5.67 Å². The summed E-state index contributed by atoms with van der Waals surface area (Å²) in [6.45, 7) is 3.54. The van der Waals surface area contributed by atoms with Crippen molar-refractivity contribution < 1.29 is 9.13 Å². The van der Waals surface area contributed by atoms with Crippen molar-refractivity contribution in [2.24, 2.45) is 0 Å². The van der Waals surface area contributed by atoms with E-state index in [1.165, 1.54) is 14.0 Å². The highest BCUT2D eigenvalue weighted by atomic mass is 19.1. The summed E-state index contributed by atoms with van der Waals surface area (Å²) in [5, 5.41) is 0. The zero-order valence-corrected chi connectivity index (χ0v) is 5.70. The van der Waals surface area contributed by atoms with Gasteiger partial charge in [-0.25, -0.2) is 4.39 Å². The molecule has 0 saturated carbocycles. The molecule has 0 rings (SSSR count). The van der Waals surface area contributed by atoms with Gasteiger partial charge in [0.25, 0.3) is 0 Å². The minimum atomic E-state index is -1.13. The Morgan fingerprint density at radius 2 is 2.12 bits per heavy atom. The van der Waals surface area contributed by atoms with Crippen LogP contribution in [0.3, 0.4) is 0 Å². The number of alkyl halides is 1. The predicted octanol–water partition coefficient (Wildman–Crippen LogP) is 1.77. The van der Waals surface area contributed by atoms with Crippen molar-refractivity contribution in [1.82, 2.24) is 0 Å². The van der Waals surface area contributed by atoms with Gasteiger partial charge in [0.2, 0.25) is 0 Å². The number of rotatable bonds is 3. The van der Waals surface area contributed by atoms with E-state index in [1.54, 1.807) is 6.92 Å². The van der Waals surface area contributed by atoms with E-state index in [-0.39, 0.29) is 6.61 Å². The summed E-state index contributed by atoms with van der Waals surface area (Å²) in [5.41, 5.74) is -1.13. The van der Waals surface area contributed by atoms with Crippen LogP contribution in [0, 0.1) is 0 Å². The minimum Gasteiger partial charge on any atom is -0.381 e. The number of methoxy groups -OCH3 is 1. The molecule has 0 aliphatic carbocycles. The molecule has 0 aliphatic heterocycles. The van der Waals surface area contributed by atoms with Gasteiger partial charge in [-0.05, 0) is 13.3 Å². The van der Waals surface area contributed by atoms with Gasteiger partial charge in [0.05, 0.1) is 6.61 Å². The van der Waals surface area contributed by atoms with Crippen molar-refractivity contribution in [3.8, 4) is 0 Å². The number of halogens is 1. The summed E-state index contributed by atoms with van der Waals surface area (Å²) in [6, 6.07) is 0. The topological polar surface area (TPSA) is 9.23 Å². The lowest BCUT2D eigenvalue weighted by Crippen LogP contribution is -2.22. The van der Waals surface area contributed by atoms with Gasteiger partial charge in [-0.2, -0.15) is 0 Å². The fourth-order valence-corrected chi connectivity index (χ4v) is 0.403. The molecule has 0 aromatic carbocycles. The second kappa shape index (κ2) is 3.02. The molecule has 0 aromatic heterocycles. The average molecular weight is 120 g/mol. The van der Waals surface area contributed by atoms with Gasteiger partial charge in [0.15, 0.2) is 0 Å². The van der Waals surface area contributed by atoms with E-state index < -0.39 is 5.67 Å². The molecule has 0 bridgehead atoms. The van der Waals surface area contributed by atoms with Crippen LogP contribution in [0.2, 0.25) is 0 Å². The van der Waals surface area contributed by atoms with Gasteiger partial charge in [-0.3, -0.25) is 0 Å². The highest BCUT2D eigenvalue weighted by Gasteiger charge is 2.18. The Kier molecular flexibility index (Phi) is 2.98. The van der Waals surface area contributed by atoms with Crippen molar-refractivity contribution >= 4 is 0 Å². The summed E-state index contributed by atoms with van der Waals surface area (Å²) >= 11 is 0. The fraction of sp³-hybridized carbons (Fsp3) is 1.00. The molecular formula is C6H13FO. The Hall–Kier alpha value is -0.110. The van der Waals surface area contributed by atoms with Crippen molar-refractivity contribution in [2.45, 2.75) is 25.9 Å². The fourth-order valence-electron chi connectivity index (χ4n) is 0.403. The molecule has 1 nitrogen and oxygen atoms in total. The van der Waals surface area contributed by atoms with E-state index in [1.807, 2.05) is 0 Å². The van der Waals surface area contributed by atoms with Crippen LogP contribution in [0.15, 0.2) is 0 Å². The SMILES string of the molecule is CC[C@](C)(F)COC. The number of hydrogen-bond donors (Lipinski definition) is 0. The lowest BCUT2D eigenvalue weighted by Gasteiger charge is -2.15. The van der Waals surface area contributed by atoms with Crippen molar-refractivity contribution in [3.05, 3.63) is 0 Å². The standard InChI is InChI=1S/C6H13FO/c1-4-6(2,7)5-8-3/h4-5H2,1-3H3/t6-/m0/s1. The second-order valence-electron chi connectivity index (χ2n) is 2.20. The molecule has 0 unspecified atom stereocenters. The Balaban J connectivity index is 3.37. The van der Waals surface area contributed by atoms with E-state index in [0.717, 1.165) is 0 Å². The first-order chi connectivity index (χ1) is 3.62. The summed E-state index contributed by atoms with van der Waals surface area (Å²) in [7, 11) is 1.51. The molecule has 2 heteroatoms. The molecule has 0 radical (unpaired) electrons. The first-order valence-corrected chi connectivity index (χ1v) is 2.80. The normalized spacial score (nSPS) is 18.0. The average Bonchev–Trinajstić information content (AvgIpc) is 1.67. The Morgan fingerprint density at radius 3 is 2.25 bits per heavy atom. The lowest BCUT2D eigenvalue weighted by atomic mass is 10.1. The summed E-state index contributed by atoms with van der Waals surface area (Å²) in [5.74, 6) is 0. The van der Waals surface area contributed by atoms with Crippen LogP contribution in [-0.2, 0) is 4.74 Å². The van der Waals surface area contributed by atoms with E-state index in [9.17, 15) is 4.39 Å². The molecule has 1 atom stereocenters. The summed E-state index contributed by atoms with van der Waals surface area (Å²) in [4.78, 5) is 0. The largest absolute Gasteiger partial charge is 0.381 e. The summed E-state index contributed by atoms with van der Waals surface area (Å²) < 4.78 is 17.3. The highest BCUT2D eigenvalue weighted by molar-refractivity contribution is 4.68. The van der Waals surface area contributed by atoms with Gasteiger partial charge < -0.3 is 4.74 Å². The van der Waals surface area contributed by atoms with Gasteiger partial charge in [0, 0.05) is 7.11 Å². The molecule has 0 saturated heterocycles. The molecule has 0 fully saturated rings. The third kappa shape index (κ3) is 2.97. The van der Waals surface area contributed by atoms with Crippen LogP contribution in [0.1, 0.15) is 20.3 Å². The van der Waals surface area contributed by atoms with Gasteiger partial charge >= 0.3 is 0 Å². The van der Waals surface area contributed by atoms with Crippen molar-refractivity contribution in [1.29, 1.82) is 0 Å². The quantitative estimate of drug-likeness (QED) is 0.551. The second-order valence-corrected chi connectivity index (χ2v) is 2.20. The molecule has 50 valence electrons. The Bertz CT molecular complexity index is 61.5. The van der Waals surface area contributed by atoms with Crippen LogP contribution >= 0.6 is 0 Å². The van der Waals surface area contributed by atoms with Gasteiger partial charge in [-0.1, -0.05) is 6.92 Å². The maximum atomic E-state index is 12.7. The predicted molar refractivity (Wildman–Crippen MR) is 31.7 cm³/mol. The van der Waals surface area contributed by atoms with E-state index >= 15 is 0 Å². The molecule has 0 N–H and O–H groups in total. The number of hydrogen-bond acceptors (Lipinski definition) is 1. The van der Waals surface area contributed by atoms with Crippen LogP contribution in [-0.4, -0.2) is 19.4 Å². The third-order valence-corrected chi connectivity index (χ3v) is 1.18. The van der Waals surface area contributed by atoms with Gasteiger partial charge in [-0.15, -0.1) is 0 Å². The lowest BCUT2D eigenvalue weighted by molar-refractivity contribution is 0.0520. The van der Waals surface area contributed by atoms with E-state index in [4.69, 9.17) is 0 Å². The summed E-state index contributed by atoms with van der Waals surface area (Å²) in [6.07, 6.45) is 0.515. The molecule has 0 aromatic rings. The zero-order valence-electron chi connectivity index (χ0n) is 5.70. The Labute approximate surface area is 49.8 Å². The number of ether oxygens (including phenoxy) is 1. The van der Waals surface area contributed by atoms with Crippen molar-refractivity contribution in [2.75, 3.05) is 13.7 Å².